The summed E-state index contributed by atoms with van der Waals surface area (Å²) in [5.41, 5.74) is 2.06. The zero-order valence-electron chi connectivity index (χ0n) is 14.5. The molecule has 3 rings (SSSR count). The molecule has 2 aromatic carbocycles. The first-order chi connectivity index (χ1) is 12.6. The normalized spacial score (nSPS) is 26.6. The fourth-order valence-electron chi connectivity index (χ4n) is 3.23. The zero-order chi connectivity index (χ0) is 18.5. The first-order valence-corrected chi connectivity index (χ1v) is 8.73. The van der Waals surface area contributed by atoms with Crippen LogP contribution in [0.25, 0.3) is 0 Å². The molecule has 6 heteroatoms. The molecule has 1 aliphatic heterocycles. The molecule has 0 aliphatic carbocycles. The van der Waals surface area contributed by atoms with Crippen LogP contribution in [0.4, 0.5) is 0 Å². The minimum absolute atomic E-state index is 0.190. The van der Waals surface area contributed by atoms with Crippen molar-refractivity contribution >= 4 is 0 Å². The minimum Gasteiger partial charge on any atom is -0.489 e. The summed E-state index contributed by atoms with van der Waals surface area (Å²) >= 11 is 0. The SMILES string of the molecule is OC[C@@H]1[C@H](O)[C@H](O)[C@@H](O)CN1Cc1ccc(OCc2ccccc2)cc1. The van der Waals surface area contributed by atoms with E-state index < -0.39 is 24.4 Å². The molecule has 0 bridgehead atoms. The summed E-state index contributed by atoms with van der Waals surface area (Å²) in [6.07, 6.45) is -3.46. The number of hydrogen-bond acceptors (Lipinski definition) is 6. The molecule has 0 unspecified atom stereocenters. The van der Waals surface area contributed by atoms with E-state index in [1.54, 1.807) is 4.90 Å². The standard InChI is InChI=1S/C20H25NO5/c22-12-17-19(24)20(25)18(23)11-21(17)10-14-6-8-16(9-7-14)26-13-15-4-2-1-3-5-15/h1-9,17-20,22-25H,10-13H2/t17-,18+,19+,20-/m1/s1. The van der Waals surface area contributed by atoms with Crippen molar-refractivity contribution in [1.29, 1.82) is 0 Å². The van der Waals surface area contributed by atoms with Gasteiger partial charge >= 0.3 is 0 Å². The Morgan fingerprint density at radius 3 is 2.23 bits per heavy atom. The molecule has 0 radical (unpaired) electrons. The molecule has 6 nitrogen and oxygen atoms in total. The van der Waals surface area contributed by atoms with Gasteiger partial charge in [-0.25, -0.2) is 0 Å². The topological polar surface area (TPSA) is 93.4 Å². The van der Waals surface area contributed by atoms with Gasteiger partial charge < -0.3 is 25.2 Å². The third-order valence-corrected chi connectivity index (χ3v) is 4.77. The van der Waals surface area contributed by atoms with E-state index in [0.717, 1.165) is 16.9 Å². The van der Waals surface area contributed by atoms with E-state index in [9.17, 15) is 20.4 Å². The number of ether oxygens (including phenoxy) is 1. The second-order valence-electron chi connectivity index (χ2n) is 6.65. The number of nitrogens with zero attached hydrogens (tertiary/aromatic N) is 1. The molecule has 0 saturated carbocycles. The molecule has 4 N–H and O–H groups in total. The van der Waals surface area contributed by atoms with E-state index in [-0.39, 0.29) is 13.2 Å². The van der Waals surface area contributed by atoms with Gasteiger partial charge in [0.1, 0.15) is 24.6 Å². The van der Waals surface area contributed by atoms with Crippen molar-refractivity contribution in [3.63, 3.8) is 0 Å². The maximum Gasteiger partial charge on any atom is 0.119 e. The van der Waals surface area contributed by atoms with Gasteiger partial charge in [-0.3, -0.25) is 4.90 Å². The quantitative estimate of drug-likeness (QED) is 0.601. The average molecular weight is 359 g/mol. The van der Waals surface area contributed by atoms with E-state index >= 15 is 0 Å². The fourth-order valence-corrected chi connectivity index (χ4v) is 3.23. The summed E-state index contributed by atoms with van der Waals surface area (Å²) < 4.78 is 5.76. The van der Waals surface area contributed by atoms with Crippen LogP contribution in [0.5, 0.6) is 5.75 Å². The Bertz CT molecular complexity index is 678. The smallest absolute Gasteiger partial charge is 0.119 e. The van der Waals surface area contributed by atoms with Crippen LogP contribution < -0.4 is 4.74 Å². The van der Waals surface area contributed by atoms with Crippen LogP contribution in [0.2, 0.25) is 0 Å². The summed E-state index contributed by atoms with van der Waals surface area (Å²) in [6.45, 7) is 0.846. The van der Waals surface area contributed by atoms with Gasteiger partial charge in [-0.05, 0) is 23.3 Å². The van der Waals surface area contributed by atoms with E-state index in [0.29, 0.717) is 13.2 Å². The lowest BCUT2D eigenvalue weighted by atomic mass is 9.94. The number of aliphatic hydroxyl groups is 4. The monoisotopic (exact) mass is 359 g/mol. The Hall–Kier alpha value is -1.96. The highest BCUT2D eigenvalue weighted by Crippen LogP contribution is 2.22. The summed E-state index contributed by atoms with van der Waals surface area (Å²) in [5, 5.41) is 39.2. The Morgan fingerprint density at radius 2 is 1.58 bits per heavy atom. The summed E-state index contributed by atoms with van der Waals surface area (Å²) in [5.74, 6) is 0.755. The van der Waals surface area contributed by atoms with Gasteiger partial charge in [-0.15, -0.1) is 0 Å². The van der Waals surface area contributed by atoms with Crippen LogP contribution in [0.15, 0.2) is 54.6 Å². The Kier molecular flexibility index (Phi) is 6.24. The van der Waals surface area contributed by atoms with Crippen LogP contribution in [0.1, 0.15) is 11.1 Å². The first kappa shape index (κ1) is 18.8. The zero-order valence-corrected chi connectivity index (χ0v) is 14.5. The van der Waals surface area contributed by atoms with Crippen LogP contribution in [0.3, 0.4) is 0 Å². The lowest BCUT2D eigenvalue weighted by Crippen LogP contribution is -2.62. The number of β-amino-alcohol motifs (C(OH)–C–C–N with tert-alkyl or cyclic N) is 1. The summed E-state index contributed by atoms with van der Waals surface area (Å²) in [7, 11) is 0. The van der Waals surface area contributed by atoms with Gasteiger partial charge in [0, 0.05) is 13.1 Å². The van der Waals surface area contributed by atoms with Crippen LogP contribution in [-0.2, 0) is 13.2 Å². The van der Waals surface area contributed by atoms with Crippen LogP contribution in [0, 0.1) is 0 Å². The van der Waals surface area contributed by atoms with Gasteiger partial charge in [0.25, 0.3) is 0 Å². The molecular weight excluding hydrogens is 334 g/mol. The van der Waals surface area contributed by atoms with Gasteiger partial charge in [0.15, 0.2) is 0 Å². The maximum absolute atomic E-state index is 10.0. The molecule has 1 aliphatic rings. The predicted octanol–water partition coefficient (Wildman–Crippen LogP) is 0.525. The van der Waals surface area contributed by atoms with Gasteiger partial charge in [-0.2, -0.15) is 0 Å². The van der Waals surface area contributed by atoms with Gasteiger partial charge in [-0.1, -0.05) is 42.5 Å². The van der Waals surface area contributed by atoms with Crippen molar-refractivity contribution in [2.45, 2.75) is 37.5 Å². The highest BCUT2D eigenvalue weighted by molar-refractivity contribution is 5.28. The number of likely N-dealkylation sites (tertiary alicyclic amines) is 1. The summed E-state index contributed by atoms with van der Waals surface area (Å²) in [6, 6.07) is 16.9. The van der Waals surface area contributed by atoms with Crippen molar-refractivity contribution in [3.8, 4) is 5.75 Å². The lowest BCUT2D eigenvalue weighted by Gasteiger charge is -2.43. The van der Waals surface area contributed by atoms with Crippen LogP contribution in [-0.4, -0.2) is 62.8 Å². The Morgan fingerprint density at radius 1 is 0.885 bits per heavy atom. The molecule has 1 fully saturated rings. The molecule has 0 spiro atoms. The highest BCUT2D eigenvalue weighted by atomic mass is 16.5. The Balaban J connectivity index is 1.59. The molecule has 0 amide bonds. The second kappa shape index (κ2) is 8.62. The molecule has 140 valence electrons. The van der Waals surface area contributed by atoms with E-state index in [4.69, 9.17) is 4.74 Å². The number of piperidine rings is 1. The van der Waals surface area contributed by atoms with Crippen LogP contribution >= 0.6 is 0 Å². The van der Waals surface area contributed by atoms with Crippen molar-refractivity contribution < 1.29 is 25.2 Å². The third kappa shape index (κ3) is 4.41. The highest BCUT2D eigenvalue weighted by Gasteiger charge is 2.40. The largest absolute Gasteiger partial charge is 0.489 e. The molecule has 1 saturated heterocycles. The number of hydrogen-bond donors (Lipinski definition) is 4. The maximum atomic E-state index is 10.0. The van der Waals surface area contributed by atoms with Gasteiger partial charge in [0.05, 0.1) is 18.8 Å². The molecule has 1 heterocycles. The number of benzene rings is 2. The van der Waals surface area contributed by atoms with E-state index in [2.05, 4.69) is 0 Å². The second-order valence-corrected chi connectivity index (χ2v) is 6.65. The molecule has 0 aromatic heterocycles. The first-order valence-electron chi connectivity index (χ1n) is 8.73. The van der Waals surface area contributed by atoms with E-state index in [1.165, 1.54) is 0 Å². The van der Waals surface area contributed by atoms with Gasteiger partial charge in [0.2, 0.25) is 0 Å². The average Bonchev–Trinajstić information content (AvgIpc) is 2.67. The van der Waals surface area contributed by atoms with Crippen molar-refractivity contribution in [2.75, 3.05) is 13.2 Å². The van der Waals surface area contributed by atoms with Crippen molar-refractivity contribution in [3.05, 3.63) is 65.7 Å². The molecular formula is C20H25NO5. The minimum atomic E-state index is -1.24. The Labute approximate surface area is 152 Å². The number of rotatable bonds is 6. The lowest BCUT2D eigenvalue weighted by molar-refractivity contribution is -0.147. The van der Waals surface area contributed by atoms with E-state index in [1.807, 2.05) is 54.6 Å². The van der Waals surface area contributed by atoms with Crippen molar-refractivity contribution in [1.82, 2.24) is 4.90 Å². The number of aliphatic hydroxyl groups excluding tert-OH is 4. The molecule has 4 atom stereocenters. The third-order valence-electron chi connectivity index (χ3n) is 4.77. The molecule has 26 heavy (non-hydrogen) atoms. The van der Waals surface area contributed by atoms with Crippen molar-refractivity contribution in [2.24, 2.45) is 0 Å². The predicted molar refractivity (Wildman–Crippen MR) is 96.5 cm³/mol. The fraction of sp³-hybridized carbons (Fsp3) is 0.400. The molecule has 2 aromatic rings. The summed E-state index contributed by atoms with van der Waals surface area (Å²) in [4.78, 5) is 1.78.